The van der Waals surface area contributed by atoms with Gasteiger partial charge >= 0.3 is 0 Å². The number of fused-ring (bicyclic) bond motifs is 10. The summed E-state index contributed by atoms with van der Waals surface area (Å²) in [6.45, 7) is 9.49. The Morgan fingerprint density at radius 1 is 0.328 bits per heavy atom. The van der Waals surface area contributed by atoms with Crippen molar-refractivity contribution in [3.63, 3.8) is 0 Å². The molecule has 0 atom stereocenters. The molecule has 2 aliphatic carbocycles. The zero-order valence-corrected chi connectivity index (χ0v) is 38.2. The first kappa shape index (κ1) is 39.2. The Bertz CT molecular complexity index is 3760. The SMILES string of the molecule is CC1(C)c2ccccc2-c2ccc(N(c3ccccc3)c3cc(N(c4ccccc4)c4ccc5c(c4)C(C)(C)c4ccccc4-5)c4c5ccccc5n(-c5ccc6ccccc6c5)c4c3)cc21. The number of aromatic nitrogens is 1. The zero-order chi connectivity index (χ0) is 45.0. The van der Waals surface area contributed by atoms with Crippen LogP contribution in [-0.4, -0.2) is 4.57 Å². The molecule has 67 heavy (non-hydrogen) atoms. The van der Waals surface area contributed by atoms with Crippen molar-refractivity contribution < 1.29 is 0 Å². The van der Waals surface area contributed by atoms with Crippen molar-refractivity contribution in [2.24, 2.45) is 0 Å². The Balaban J connectivity index is 1.13. The highest BCUT2D eigenvalue weighted by Gasteiger charge is 2.38. The van der Waals surface area contributed by atoms with Gasteiger partial charge in [-0.25, -0.2) is 0 Å². The molecule has 0 spiro atoms. The first-order valence-corrected chi connectivity index (χ1v) is 23.5. The van der Waals surface area contributed by atoms with Crippen LogP contribution in [0, 0.1) is 0 Å². The lowest BCUT2D eigenvalue weighted by Crippen LogP contribution is -2.18. The van der Waals surface area contributed by atoms with E-state index in [1.807, 2.05) is 0 Å². The Labute approximate surface area is 392 Å². The van der Waals surface area contributed by atoms with Crippen LogP contribution >= 0.6 is 0 Å². The van der Waals surface area contributed by atoms with Gasteiger partial charge in [-0.15, -0.1) is 0 Å². The van der Waals surface area contributed by atoms with E-state index in [4.69, 9.17) is 0 Å². The summed E-state index contributed by atoms with van der Waals surface area (Å²) in [6.07, 6.45) is 0. The van der Waals surface area contributed by atoms with Crippen molar-refractivity contribution in [2.75, 3.05) is 9.80 Å². The molecule has 0 saturated heterocycles. The molecule has 13 rings (SSSR count). The third kappa shape index (κ3) is 5.90. The third-order valence-electron chi connectivity index (χ3n) is 14.9. The molecule has 0 unspecified atom stereocenters. The first-order valence-electron chi connectivity index (χ1n) is 23.5. The molecule has 2 aliphatic rings. The quantitative estimate of drug-likeness (QED) is 0.158. The summed E-state index contributed by atoms with van der Waals surface area (Å²) < 4.78 is 2.49. The Morgan fingerprint density at radius 2 is 0.836 bits per heavy atom. The molecule has 0 saturated carbocycles. The van der Waals surface area contributed by atoms with Crippen molar-refractivity contribution in [2.45, 2.75) is 38.5 Å². The number of hydrogen-bond donors (Lipinski definition) is 0. The first-order chi connectivity index (χ1) is 32.8. The highest BCUT2D eigenvalue weighted by molar-refractivity contribution is 6.18. The average Bonchev–Trinajstić information content (AvgIpc) is 3.91. The Hall–Kier alpha value is -8.14. The molecular formula is C64H49N3. The van der Waals surface area contributed by atoms with Crippen LogP contribution in [-0.2, 0) is 10.8 Å². The van der Waals surface area contributed by atoms with Gasteiger partial charge in [-0.3, -0.25) is 0 Å². The highest BCUT2D eigenvalue weighted by Crippen LogP contribution is 2.54. The average molecular weight is 860 g/mol. The summed E-state index contributed by atoms with van der Waals surface area (Å²) in [7, 11) is 0. The Morgan fingerprint density at radius 3 is 1.48 bits per heavy atom. The van der Waals surface area contributed by atoms with E-state index in [0.29, 0.717) is 0 Å². The predicted molar refractivity (Wildman–Crippen MR) is 283 cm³/mol. The highest BCUT2D eigenvalue weighted by atomic mass is 15.2. The maximum atomic E-state index is 2.51. The molecule has 1 aromatic heterocycles. The lowest BCUT2D eigenvalue weighted by molar-refractivity contribution is 0.660. The smallest absolute Gasteiger partial charge is 0.0583 e. The topological polar surface area (TPSA) is 11.4 Å². The molecule has 0 N–H and O–H groups in total. The van der Waals surface area contributed by atoms with E-state index in [9.17, 15) is 0 Å². The fourth-order valence-electron chi connectivity index (χ4n) is 11.7. The largest absolute Gasteiger partial charge is 0.310 e. The minimum atomic E-state index is -0.168. The van der Waals surface area contributed by atoms with Gasteiger partial charge < -0.3 is 14.4 Å². The number of hydrogen-bond acceptors (Lipinski definition) is 2. The summed E-state index contributed by atoms with van der Waals surface area (Å²) in [5.41, 5.74) is 20.4. The van der Waals surface area contributed by atoms with Crippen molar-refractivity contribution in [3.8, 4) is 27.9 Å². The van der Waals surface area contributed by atoms with E-state index in [1.54, 1.807) is 0 Å². The number of benzene rings is 10. The summed E-state index contributed by atoms with van der Waals surface area (Å²) in [5.74, 6) is 0. The van der Waals surface area contributed by atoms with Crippen molar-refractivity contribution in [1.29, 1.82) is 0 Å². The molecule has 0 amide bonds. The summed E-state index contributed by atoms with van der Waals surface area (Å²) >= 11 is 0. The Kier molecular flexibility index (Phi) is 8.60. The van der Waals surface area contributed by atoms with Crippen molar-refractivity contribution in [1.82, 2.24) is 4.57 Å². The van der Waals surface area contributed by atoms with E-state index in [-0.39, 0.29) is 10.8 Å². The van der Waals surface area contributed by atoms with Crippen molar-refractivity contribution in [3.05, 3.63) is 247 Å². The summed E-state index contributed by atoms with van der Waals surface area (Å²) in [4.78, 5) is 4.98. The van der Waals surface area contributed by atoms with Crippen LogP contribution < -0.4 is 9.80 Å². The molecule has 320 valence electrons. The van der Waals surface area contributed by atoms with E-state index < -0.39 is 0 Å². The van der Waals surface area contributed by atoms with Crippen LogP contribution in [0.15, 0.2) is 224 Å². The minimum absolute atomic E-state index is 0.160. The van der Waals surface area contributed by atoms with Gasteiger partial charge in [0.1, 0.15) is 0 Å². The molecule has 3 nitrogen and oxygen atoms in total. The molecule has 0 radical (unpaired) electrons. The second-order valence-corrected chi connectivity index (χ2v) is 19.4. The maximum Gasteiger partial charge on any atom is 0.0583 e. The van der Waals surface area contributed by atoms with Crippen LogP contribution in [0.3, 0.4) is 0 Å². The van der Waals surface area contributed by atoms with Crippen LogP contribution in [0.25, 0.3) is 60.5 Å². The lowest BCUT2D eigenvalue weighted by atomic mass is 9.82. The molecule has 1 heterocycles. The molecule has 10 aromatic carbocycles. The van der Waals surface area contributed by atoms with Crippen LogP contribution in [0.2, 0.25) is 0 Å². The molecule has 0 aliphatic heterocycles. The zero-order valence-electron chi connectivity index (χ0n) is 38.2. The van der Waals surface area contributed by atoms with Gasteiger partial charge in [-0.2, -0.15) is 0 Å². The third-order valence-corrected chi connectivity index (χ3v) is 14.9. The van der Waals surface area contributed by atoms with Gasteiger partial charge in [0.05, 0.1) is 22.4 Å². The predicted octanol–water partition coefficient (Wildman–Crippen LogP) is 17.5. The van der Waals surface area contributed by atoms with E-state index in [2.05, 4.69) is 267 Å². The van der Waals surface area contributed by atoms with Gasteiger partial charge in [0, 0.05) is 50.0 Å². The number of nitrogens with zero attached hydrogens (tertiary/aromatic N) is 3. The van der Waals surface area contributed by atoms with Gasteiger partial charge in [-0.05, 0) is 134 Å². The molecule has 11 aromatic rings. The van der Waals surface area contributed by atoms with Gasteiger partial charge in [0.15, 0.2) is 0 Å². The van der Waals surface area contributed by atoms with Crippen LogP contribution in [0.4, 0.5) is 34.1 Å². The van der Waals surface area contributed by atoms with E-state index in [1.165, 1.54) is 66.1 Å². The number of anilines is 6. The standard InChI is InChI=1S/C64H49N3/c1-63(2)55-28-16-13-25-50(55)52-35-33-47(38-57(52)63)65(44-21-7-5-8-22-44)49-40-60(62-54-27-15-18-30-59(54)67(61(62)41-49)46-32-31-42-19-11-12-20-43(42)37-46)66(45-23-9-6-10-24-45)48-34-36-53-51-26-14-17-29-56(51)64(3,4)58(53)39-48/h5-41H,1-4H3. The minimum Gasteiger partial charge on any atom is -0.310 e. The molecule has 0 bridgehead atoms. The normalized spacial score (nSPS) is 13.9. The molecule has 0 fully saturated rings. The molecule has 3 heteroatoms. The van der Waals surface area contributed by atoms with Gasteiger partial charge in [-0.1, -0.05) is 173 Å². The monoisotopic (exact) mass is 859 g/mol. The van der Waals surface area contributed by atoms with Gasteiger partial charge in [0.2, 0.25) is 0 Å². The molecular weight excluding hydrogens is 811 g/mol. The second kappa shape index (κ2) is 14.7. The number of rotatable bonds is 7. The number of para-hydroxylation sites is 3. The lowest BCUT2D eigenvalue weighted by Gasteiger charge is -2.32. The van der Waals surface area contributed by atoms with Crippen molar-refractivity contribution >= 4 is 66.7 Å². The summed E-state index contributed by atoms with van der Waals surface area (Å²) in [5, 5.41) is 4.83. The second-order valence-electron chi connectivity index (χ2n) is 19.4. The van der Waals surface area contributed by atoms with Crippen LogP contribution in [0.1, 0.15) is 49.9 Å². The van der Waals surface area contributed by atoms with Gasteiger partial charge in [0.25, 0.3) is 0 Å². The fraction of sp³-hybridized carbons (Fsp3) is 0.0938. The van der Waals surface area contributed by atoms with E-state index in [0.717, 1.165) is 50.8 Å². The summed E-state index contributed by atoms with van der Waals surface area (Å²) in [6, 6.07) is 83.3. The fourth-order valence-corrected chi connectivity index (χ4v) is 11.7. The maximum absolute atomic E-state index is 2.51. The van der Waals surface area contributed by atoms with Crippen LogP contribution in [0.5, 0.6) is 0 Å². The van der Waals surface area contributed by atoms with E-state index >= 15 is 0 Å².